The van der Waals surface area contributed by atoms with Crippen LogP contribution in [0.1, 0.15) is 40.2 Å². The summed E-state index contributed by atoms with van der Waals surface area (Å²) in [6, 6.07) is 7.48. The molecule has 1 unspecified atom stereocenters. The maximum atomic E-state index is 13.0. The highest BCUT2D eigenvalue weighted by atomic mass is 32.2. The second kappa shape index (κ2) is 7.95. The van der Waals surface area contributed by atoms with Crippen LogP contribution in [-0.2, 0) is 10.5 Å². The molecule has 2 heterocycles. The smallest absolute Gasteiger partial charge is 0.308 e. The van der Waals surface area contributed by atoms with E-state index < -0.39 is 11.9 Å². The van der Waals surface area contributed by atoms with Crippen LogP contribution in [0.15, 0.2) is 33.7 Å². The largest absolute Gasteiger partial charge is 0.481 e. The van der Waals surface area contributed by atoms with Crippen LogP contribution >= 0.6 is 11.8 Å². The van der Waals surface area contributed by atoms with Crippen molar-refractivity contribution < 1.29 is 19.2 Å². The molecular formula is C19H22N2O4S. The van der Waals surface area contributed by atoms with Gasteiger partial charge in [0.2, 0.25) is 0 Å². The van der Waals surface area contributed by atoms with Crippen molar-refractivity contribution in [2.75, 3.05) is 13.1 Å². The monoisotopic (exact) mass is 374 g/mol. The van der Waals surface area contributed by atoms with Crippen molar-refractivity contribution in [3.05, 3.63) is 46.8 Å². The van der Waals surface area contributed by atoms with Crippen molar-refractivity contribution in [1.29, 1.82) is 0 Å². The quantitative estimate of drug-likeness (QED) is 0.806. The second-order valence-corrected chi connectivity index (χ2v) is 7.53. The Morgan fingerprint density at radius 3 is 2.81 bits per heavy atom. The molecule has 138 valence electrons. The molecule has 1 aliphatic heterocycles. The number of hydrogen-bond acceptors (Lipinski definition) is 5. The fourth-order valence-corrected chi connectivity index (χ4v) is 4.36. The first kappa shape index (κ1) is 18.5. The molecule has 2 aromatic rings. The van der Waals surface area contributed by atoms with Crippen molar-refractivity contribution in [3.8, 4) is 0 Å². The molecular weight excluding hydrogens is 352 g/mol. The number of carboxylic acids is 1. The number of carbonyl (C=O) groups excluding carboxylic acids is 1. The zero-order valence-electron chi connectivity index (χ0n) is 14.9. The number of amides is 1. The van der Waals surface area contributed by atoms with Crippen molar-refractivity contribution in [2.24, 2.45) is 5.92 Å². The number of carbonyl (C=O) groups is 2. The molecule has 0 spiro atoms. The molecule has 6 nitrogen and oxygen atoms in total. The molecule has 1 aromatic heterocycles. The number of aryl methyl sites for hydroxylation is 2. The number of rotatable bonds is 5. The summed E-state index contributed by atoms with van der Waals surface area (Å²) >= 11 is 1.57. The molecule has 1 aliphatic rings. The predicted molar refractivity (Wildman–Crippen MR) is 98.2 cm³/mol. The van der Waals surface area contributed by atoms with Gasteiger partial charge in [0.1, 0.15) is 5.76 Å². The number of hydrogen-bond donors (Lipinski definition) is 1. The highest BCUT2D eigenvalue weighted by Crippen LogP contribution is 2.30. The molecule has 3 rings (SSSR count). The third-order valence-corrected chi connectivity index (χ3v) is 5.83. The molecule has 1 amide bonds. The number of carboxylic acid groups (broad SMARTS) is 1. The Labute approximate surface area is 156 Å². The number of piperidine rings is 1. The molecule has 7 heteroatoms. The van der Waals surface area contributed by atoms with Crippen molar-refractivity contribution in [1.82, 2.24) is 10.1 Å². The fourth-order valence-electron chi connectivity index (χ4n) is 3.16. The molecule has 1 atom stereocenters. The summed E-state index contributed by atoms with van der Waals surface area (Å²) in [4.78, 5) is 26.8. The minimum absolute atomic E-state index is 0.0992. The van der Waals surface area contributed by atoms with E-state index in [0.29, 0.717) is 24.3 Å². The van der Waals surface area contributed by atoms with Crippen LogP contribution in [0.4, 0.5) is 0 Å². The zero-order chi connectivity index (χ0) is 18.7. The van der Waals surface area contributed by atoms with Gasteiger partial charge in [-0.1, -0.05) is 17.3 Å². The summed E-state index contributed by atoms with van der Waals surface area (Å²) < 4.78 is 5.20. The van der Waals surface area contributed by atoms with Crippen molar-refractivity contribution >= 4 is 23.6 Å². The Balaban J connectivity index is 1.76. The third-order valence-electron chi connectivity index (χ3n) is 4.73. The minimum Gasteiger partial charge on any atom is -0.481 e. The first-order valence-electron chi connectivity index (χ1n) is 8.63. The Hall–Kier alpha value is -2.28. The molecule has 1 N–H and O–H groups in total. The van der Waals surface area contributed by atoms with Gasteiger partial charge in [-0.2, -0.15) is 0 Å². The van der Waals surface area contributed by atoms with E-state index in [4.69, 9.17) is 4.52 Å². The molecule has 0 radical (unpaired) electrons. The number of nitrogens with zero attached hydrogens (tertiary/aromatic N) is 2. The molecule has 1 saturated heterocycles. The summed E-state index contributed by atoms with van der Waals surface area (Å²) in [5.74, 6) is 0.0544. The fraction of sp³-hybridized carbons (Fsp3) is 0.421. The van der Waals surface area contributed by atoms with E-state index in [2.05, 4.69) is 5.16 Å². The van der Waals surface area contributed by atoms with Crippen LogP contribution in [0, 0.1) is 19.8 Å². The topological polar surface area (TPSA) is 83.6 Å². The van der Waals surface area contributed by atoms with Gasteiger partial charge in [-0.05, 0) is 38.8 Å². The number of benzene rings is 1. The lowest BCUT2D eigenvalue weighted by molar-refractivity contribution is -0.143. The molecule has 1 fully saturated rings. The highest BCUT2D eigenvalue weighted by Gasteiger charge is 2.29. The van der Waals surface area contributed by atoms with Gasteiger partial charge in [0.25, 0.3) is 5.91 Å². The SMILES string of the molecule is Cc1noc(C)c1CSc1ccccc1C(=O)N1CCCC(C(=O)O)C1. The Kier molecular flexibility index (Phi) is 5.66. The Morgan fingerprint density at radius 2 is 2.12 bits per heavy atom. The van der Waals surface area contributed by atoms with Gasteiger partial charge < -0.3 is 14.5 Å². The summed E-state index contributed by atoms with van der Waals surface area (Å²) in [6.07, 6.45) is 1.35. The number of aromatic nitrogens is 1. The van der Waals surface area contributed by atoms with E-state index in [1.165, 1.54) is 0 Å². The average molecular weight is 374 g/mol. The maximum absolute atomic E-state index is 13.0. The van der Waals surface area contributed by atoms with Crippen LogP contribution in [0.3, 0.4) is 0 Å². The predicted octanol–water partition coefficient (Wildman–Crippen LogP) is 3.52. The first-order valence-corrected chi connectivity index (χ1v) is 9.61. The van der Waals surface area contributed by atoms with Crippen LogP contribution in [0.25, 0.3) is 0 Å². The van der Waals surface area contributed by atoms with Crippen molar-refractivity contribution in [3.63, 3.8) is 0 Å². The van der Waals surface area contributed by atoms with Crippen LogP contribution in [0.5, 0.6) is 0 Å². The summed E-state index contributed by atoms with van der Waals surface area (Å²) in [5.41, 5.74) is 2.52. The van der Waals surface area contributed by atoms with E-state index in [1.807, 2.05) is 38.1 Å². The first-order chi connectivity index (χ1) is 12.5. The zero-order valence-corrected chi connectivity index (χ0v) is 15.7. The minimum atomic E-state index is -0.830. The van der Waals surface area contributed by atoms with Gasteiger partial charge in [-0.15, -0.1) is 11.8 Å². The van der Waals surface area contributed by atoms with Gasteiger partial charge in [0.15, 0.2) is 0 Å². The molecule has 1 aromatic carbocycles. The Morgan fingerprint density at radius 1 is 1.35 bits per heavy atom. The number of thioether (sulfide) groups is 1. The summed E-state index contributed by atoms with van der Waals surface area (Å²) in [7, 11) is 0. The normalized spacial score (nSPS) is 17.3. The standard InChI is InChI=1S/C19H22N2O4S/c1-12-16(13(2)25-20-12)11-26-17-8-4-3-7-15(17)18(22)21-9-5-6-14(10-21)19(23)24/h3-4,7-8,14H,5-6,9-11H2,1-2H3,(H,23,24). The maximum Gasteiger partial charge on any atom is 0.308 e. The third kappa shape index (κ3) is 3.93. The highest BCUT2D eigenvalue weighted by molar-refractivity contribution is 7.98. The molecule has 0 aliphatic carbocycles. The molecule has 0 bridgehead atoms. The lowest BCUT2D eigenvalue weighted by atomic mass is 9.97. The van der Waals surface area contributed by atoms with E-state index in [0.717, 1.165) is 28.3 Å². The van der Waals surface area contributed by atoms with Crippen LogP contribution in [-0.4, -0.2) is 40.1 Å². The molecule has 26 heavy (non-hydrogen) atoms. The van der Waals surface area contributed by atoms with Gasteiger partial charge in [0.05, 0.1) is 17.2 Å². The number of aliphatic carboxylic acids is 1. The Bertz CT molecular complexity index is 798. The van der Waals surface area contributed by atoms with Gasteiger partial charge in [-0.3, -0.25) is 9.59 Å². The lowest BCUT2D eigenvalue weighted by Gasteiger charge is -2.31. The average Bonchev–Trinajstić information content (AvgIpc) is 2.97. The van der Waals surface area contributed by atoms with E-state index in [-0.39, 0.29) is 12.5 Å². The van der Waals surface area contributed by atoms with E-state index in [9.17, 15) is 14.7 Å². The van der Waals surface area contributed by atoms with E-state index >= 15 is 0 Å². The summed E-state index contributed by atoms with van der Waals surface area (Å²) in [5, 5.41) is 13.2. The van der Waals surface area contributed by atoms with Crippen LogP contribution < -0.4 is 0 Å². The van der Waals surface area contributed by atoms with Crippen molar-refractivity contribution in [2.45, 2.75) is 37.3 Å². The van der Waals surface area contributed by atoms with E-state index in [1.54, 1.807) is 16.7 Å². The summed E-state index contributed by atoms with van der Waals surface area (Å²) in [6.45, 7) is 4.67. The lowest BCUT2D eigenvalue weighted by Crippen LogP contribution is -2.42. The van der Waals surface area contributed by atoms with Gasteiger partial charge in [0, 0.05) is 29.3 Å². The number of likely N-dealkylation sites (tertiary alicyclic amines) is 1. The molecule has 0 saturated carbocycles. The van der Waals surface area contributed by atoms with Gasteiger partial charge in [-0.25, -0.2) is 0 Å². The van der Waals surface area contributed by atoms with Crippen LogP contribution in [0.2, 0.25) is 0 Å². The van der Waals surface area contributed by atoms with Gasteiger partial charge >= 0.3 is 5.97 Å². The second-order valence-electron chi connectivity index (χ2n) is 6.52.